The molecule has 0 aliphatic rings. The Kier molecular flexibility index (Phi) is 3.38. The topological polar surface area (TPSA) is 0 Å². The predicted molar refractivity (Wildman–Crippen MR) is 70.4 cm³/mol. The van der Waals surface area contributed by atoms with Crippen molar-refractivity contribution in [2.24, 2.45) is 0 Å². The SMILES string of the molecule is C=C(C)Cc1ccccc1-c1ccc(F)cc1. The fourth-order valence-corrected chi connectivity index (χ4v) is 1.91. The maximum Gasteiger partial charge on any atom is 0.123 e. The minimum absolute atomic E-state index is 0.203. The van der Waals surface area contributed by atoms with E-state index in [4.69, 9.17) is 0 Å². The molecule has 0 unspecified atom stereocenters. The van der Waals surface area contributed by atoms with Gasteiger partial charge in [0.25, 0.3) is 0 Å². The van der Waals surface area contributed by atoms with Crippen LogP contribution in [0.1, 0.15) is 12.5 Å². The molecule has 0 aromatic heterocycles. The third-order valence-corrected chi connectivity index (χ3v) is 2.66. The van der Waals surface area contributed by atoms with Crippen LogP contribution in [0.25, 0.3) is 11.1 Å². The lowest BCUT2D eigenvalue weighted by Gasteiger charge is -2.09. The largest absolute Gasteiger partial charge is 0.207 e. The van der Waals surface area contributed by atoms with Gasteiger partial charge in [-0.25, -0.2) is 4.39 Å². The Balaban J connectivity index is 2.44. The first kappa shape index (κ1) is 11.6. The molecule has 0 aliphatic heterocycles. The van der Waals surface area contributed by atoms with Gasteiger partial charge in [-0.2, -0.15) is 0 Å². The van der Waals surface area contributed by atoms with Crippen LogP contribution in [0.5, 0.6) is 0 Å². The van der Waals surface area contributed by atoms with Crippen molar-refractivity contribution in [3.8, 4) is 11.1 Å². The molecule has 0 nitrogen and oxygen atoms in total. The van der Waals surface area contributed by atoms with Crippen molar-refractivity contribution in [1.29, 1.82) is 0 Å². The molecule has 17 heavy (non-hydrogen) atoms. The summed E-state index contributed by atoms with van der Waals surface area (Å²) < 4.78 is 12.9. The highest BCUT2D eigenvalue weighted by atomic mass is 19.1. The van der Waals surface area contributed by atoms with E-state index in [0.717, 1.165) is 23.1 Å². The standard InChI is InChI=1S/C16H15F/c1-12(2)11-14-5-3-4-6-16(14)13-7-9-15(17)10-8-13/h3-10H,1,11H2,2H3. The molecule has 0 N–H and O–H groups in total. The van der Waals surface area contributed by atoms with Crippen molar-refractivity contribution in [2.45, 2.75) is 13.3 Å². The van der Waals surface area contributed by atoms with Crippen LogP contribution in [0.4, 0.5) is 4.39 Å². The van der Waals surface area contributed by atoms with Crippen LogP contribution >= 0.6 is 0 Å². The summed E-state index contributed by atoms with van der Waals surface area (Å²) in [5.41, 5.74) is 4.55. The first-order valence-corrected chi connectivity index (χ1v) is 5.65. The van der Waals surface area contributed by atoms with E-state index in [0.29, 0.717) is 0 Å². The molecule has 0 heterocycles. The van der Waals surface area contributed by atoms with E-state index >= 15 is 0 Å². The number of hydrogen-bond acceptors (Lipinski definition) is 0. The van der Waals surface area contributed by atoms with Gasteiger partial charge in [0.2, 0.25) is 0 Å². The van der Waals surface area contributed by atoms with Crippen LogP contribution in [0, 0.1) is 5.82 Å². The summed E-state index contributed by atoms with van der Waals surface area (Å²) in [4.78, 5) is 0. The molecule has 86 valence electrons. The van der Waals surface area contributed by atoms with Crippen molar-refractivity contribution in [3.63, 3.8) is 0 Å². The first-order chi connectivity index (χ1) is 8.16. The van der Waals surface area contributed by atoms with E-state index in [1.165, 1.54) is 17.7 Å². The molecule has 0 spiro atoms. The summed E-state index contributed by atoms with van der Waals surface area (Å²) in [5, 5.41) is 0. The summed E-state index contributed by atoms with van der Waals surface area (Å²) in [5.74, 6) is -0.203. The molecule has 2 aromatic rings. The van der Waals surface area contributed by atoms with E-state index in [1.54, 1.807) is 0 Å². The highest BCUT2D eigenvalue weighted by Gasteiger charge is 2.04. The molecule has 0 amide bonds. The highest BCUT2D eigenvalue weighted by Crippen LogP contribution is 2.25. The van der Waals surface area contributed by atoms with E-state index in [-0.39, 0.29) is 5.82 Å². The molecule has 0 atom stereocenters. The fourth-order valence-electron chi connectivity index (χ4n) is 1.91. The minimum atomic E-state index is -0.203. The van der Waals surface area contributed by atoms with Gasteiger partial charge >= 0.3 is 0 Å². The monoisotopic (exact) mass is 226 g/mol. The first-order valence-electron chi connectivity index (χ1n) is 5.65. The molecule has 0 bridgehead atoms. The van der Waals surface area contributed by atoms with Gasteiger partial charge in [-0.15, -0.1) is 0 Å². The van der Waals surface area contributed by atoms with Gasteiger partial charge in [-0.05, 0) is 42.2 Å². The predicted octanol–water partition coefficient (Wildman–Crippen LogP) is 4.61. The molecular weight excluding hydrogens is 211 g/mol. The van der Waals surface area contributed by atoms with E-state index in [2.05, 4.69) is 18.7 Å². The molecule has 2 aromatic carbocycles. The van der Waals surface area contributed by atoms with Crippen LogP contribution in [0.2, 0.25) is 0 Å². The Morgan fingerprint density at radius 2 is 1.71 bits per heavy atom. The van der Waals surface area contributed by atoms with Gasteiger partial charge < -0.3 is 0 Å². The highest BCUT2D eigenvalue weighted by molar-refractivity contribution is 5.67. The number of benzene rings is 2. The molecule has 0 saturated heterocycles. The lowest BCUT2D eigenvalue weighted by atomic mass is 9.96. The second-order valence-electron chi connectivity index (χ2n) is 4.30. The van der Waals surface area contributed by atoms with Gasteiger partial charge in [0.05, 0.1) is 0 Å². The number of allylic oxidation sites excluding steroid dienone is 1. The Bertz CT molecular complexity index is 523. The molecule has 0 aliphatic carbocycles. The third-order valence-electron chi connectivity index (χ3n) is 2.66. The van der Waals surface area contributed by atoms with Crippen molar-refractivity contribution < 1.29 is 4.39 Å². The normalized spacial score (nSPS) is 10.2. The average molecular weight is 226 g/mol. The minimum Gasteiger partial charge on any atom is -0.207 e. The van der Waals surface area contributed by atoms with Gasteiger partial charge in [0, 0.05) is 0 Å². The number of halogens is 1. The summed E-state index contributed by atoms with van der Waals surface area (Å²) in [6, 6.07) is 14.8. The molecule has 1 heteroatoms. The van der Waals surface area contributed by atoms with Crippen LogP contribution in [0.15, 0.2) is 60.7 Å². The lowest BCUT2D eigenvalue weighted by molar-refractivity contribution is 0.628. The second-order valence-corrected chi connectivity index (χ2v) is 4.30. The van der Waals surface area contributed by atoms with Crippen molar-refractivity contribution in [2.75, 3.05) is 0 Å². The Hall–Kier alpha value is -1.89. The Morgan fingerprint density at radius 1 is 1.06 bits per heavy atom. The van der Waals surface area contributed by atoms with Gasteiger partial charge in [-0.3, -0.25) is 0 Å². The molecule has 0 saturated carbocycles. The fraction of sp³-hybridized carbons (Fsp3) is 0.125. The van der Waals surface area contributed by atoms with Crippen molar-refractivity contribution >= 4 is 0 Å². The number of rotatable bonds is 3. The maximum atomic E-state index is 12.9. The van der Waals surface area contributed by atoms with Gasteiger partial charge in [0.15, 0.2) is 0 Å². The van der Waals surface area contributed by atoms with Crippen LogP contribution in [0.3, 0.4) is 0 Å². The van der Waals surface area contributed by atoms with Crippen LogP contribution in [-0.2, 0) is 6.42 Å². The van der Waals surface area contributed by atoms with Gasteiger partial charge in [-0.1, -0.05) is 48.6 Å². The zero-order valence-electron chi connectivity index (χ0n) is 9.91. The summed E-state index contributed by atoms with van der Waals surface area (Å²) >= 11 is 0. The zero-order valence-corrected chi connectivity index (χ0v) is 9.91. The third kappa shape index (κ3) is 2.82. The zero-order chi connectivity index (χ0) is 12.3. The van der Waals surface area contributed by atoms with Crippen LogP contribution < -0.4 is 0 Å². The van der Waals surface area contributed by atoms with Crippen molar-refractivity contribution in [1.82, 2.24) is 0 Å². The quantitative estimate of drug-likeness (QED) is 0.670. The van der Waals surface area contributed by atoms with Crippen LogP contribution in [-0.4, -0.2) is 0 Å². The summed E-state index contributed by atoms with van der Waals surface area (Å²) in [6.07, 6.45) is 0.855. The second kappa shape index (κ2) is 4.96. The molecule has 0 fully saturated rings. The average Bonchev–Trinajstić information content (AvgIpc) is 2.30. The van der Waals surface area contributed by atoms with E-state index in [9.17, 15) is 4.39 Å². The summed E-state index contributed by atoms with van der Waals surface area (Å²) in [6.45, 7) is 5.95. The van der Waals surface area contributed by atoms with Gasteiger partial charge in [0.1, 0.15) is 5.82 Å². The lowest BCUT2D eigenvalue weighted by Crippen LogP contribution is -1.90. The Labute approximate surface area is 101 Å². The molecule has 2 rings (SSSR count). The molecular formula is C16H15F. The van der Waals surface area contributed by atoms with Crippen molar-refractivity contribution in [3.05, 3.63) is 72.1 Å². The Morgan fingerprint density at radius 3 is 2.35 bits per heavy atom. The number of hydrogen-bond donors (Lipinski definition) is 0. The van der Waals surface area contributed by atoms with E-state index in [1.807, 2.05) is 31.2 Å². The maximum absolute atomic E-state index is 12.9. The summed E-state index contributed by atoms with van der Waals surface area (Å²) in [7, 11) is 0. The van der Waals surface area contributed by atoms with E-state index < -0.39 is 0 Å². The molecule has 0 radical (unpaired) electrons. The smallest absolute Gasteiger partial charge is 0.123 e.